The lowest BCUT2D eigenvalue weighted by Crippen LogP contribution is -2.22. The van der Waals surface area contributed by atoms with Crippen LogP contribution in [-0.2, 0) is 0 Å². The summed E-state index contributed by atoms with van der Waals surface area (Å²) in [4.78, 5) is 6.26. The Kier molecular flexibility index (Phi) is 4.69. The van der Waals surface area contributed by atoms with Crippen molar-refractivity contribution in [3.8, 4) is 5.69 Å². The third kappa shape index (κ3) is 3.20. The largest absolute Gasteiger partial charge is 0.354 e. The number of hydrogen-bond acceptors (Lipinski definition) is 3. The fourth-order valence-corrected chi connectivity index (χ4v) is 2.66. The summed E-state index contributed by atoms with van der Waals surface area (Å²) in [6.07, 6.45) is 0. The van der Waals surface area contributed by atoms with Gasteiger partial charge in [-0.25, -0.2) is 13.8 Å². The number of rotatable bonds is 5. The first-order valence-corrected chi connectivity index (χ1v) is 7.86. The number of hydrogen-bond donors (Lipinski definition) is 1. The van der Waals surface area contributed by atoms with Gasteiger partial charge in [-0.1, -0.05) is 17.7 Å². The number of halogens is 3. The van der Waals surface area contributed by atoms with Gasteiger partial charge in [-0.2, -0.15) is 0 Å². The van der Waals surface area contributed by atoms with Crippen molar-refractivity contribution in [1.29, 1.82) is 0 Å². The molecule has 3 rings (SSSR count). The van der Waals surface area contributed by atoms with Crippen molar-refractivity contribution < 1.29 is 8.78 Å². The van der Waals surface area contributed by atoms with Crippen LogP contribution in [0.25, 0.3) is 16.7 Å². The van der Waals surface area contributed by atoms with Gasteiger partial charge in [-0.15, -0.1) is 0 Å². The van der Waals surface area contributed by atoms with Crippen LogP contribution in [0, 0.1) is 11.6 Å². The average Bonchev–Trinajstić information content (AvgIpc) is 2.90. The molecule has 0 spiro atoms. The maximum absolute atomic E-state index is 14.1. The Balaban J connectivity index is 2.14. The van der Waals surface area contributed by atoms with Gasteiger partial charge in [0.15, 0.2) is 11.6 Å². The molecule has 0 atom stereocenters. The number of benzene rings is 2. The lowest BCUT2D eigenvalue weighted by Gasteiger charge is -2.13. The molecule has 1 heterocycles. The first-order valence-electron chi connectivity index (χ1n) is 7.48. The van der Waals surface area contributed by atoms with Gasteiger partial charge in [-0.05, 0) is 44.4 Å². The first kappa shape index (κ1) is 16.7. The fourth-order valence-electron chi connectivity index (χ4n) is 2.47. The van der Waals surface area contributed by atoms with Crippen LogP contribution in [0.1, 0.15) is 0 Å². The van der Waals surface area contributed by atoms with Crippen molar-refractivity contribution >= 4 is 28.6 Å². The minimum atomic E-state index is -0.955. The maximum atomic E-state index is 14.1. The number of fused-ring (bicyclic) bond motifs is 1. The summed E-state index contributed by atoms with van der Waals surface area (Å²) in [5.41, 5.74) is 1.19. The number of anilines is 1. The van der Waals surface area contributed by atoms with E-state index in [2.05, 4.69) is 10.3 Å². The molecule has 1 aromatic heterocycles. The highest BCUT2D eigenvalue weighted by molar-refractivity contribution is 6.30. The van der Waals surface area contributed by atoms with Crippen LogP contribution < -0.4 is 5.32 Å². The van der Waals surface area contributed by atoms with Crippen LogP contribution in [0.5, 0.6) is 0 Å². The smallest absolute Gasteiger partial charge is 0.208 e. The molecule has 0 saturated carbocycles. The Morgan fingerprint density at radius 1 is 1.21 bits per heavy atom. The molecule has 126 valence electrons. The SMILES string of the molecule is CN(C)CCNc1nc2c(F)c(F)ccc2n1-c1cccc(Cl)c1. The van der Waals surface area contributed by atoms with Crippen LogP contribution in [0.15, 0.2) is 36.4 Å². The molecule has 0 fully saturated rings. The Morgan fingerprint density at radius 3 is 2.71 bits per heavy atom. The third-order valence-corrected chi connectivity index (χ3v) is 3.86. The summed E-state index contributed by atoms with van der Waals surface area (Å²) in [5, 5.41) is 3.73. The summed E-state index contributed by atoms with van der Waals surface area (Å²) >= 11 is 6.07. The molecule has 0 aliphatic carbocycles. The van der Waals surface area contributed by atoms with E-state index in [1.807, 2.05) is 25.1 Å². The lowest BCUT2D eigenvalue weighted by molar-refractivity contribution is 0.425. The highest BCUT2D eigenvalue weighted by atomic mass is 35.5. The Hall–Kier alpha value is -2.18. The molecule has 0 unspecified atom stereocenters. The minimum Gasteiger partial charge on any atom is -0.354 e. The number of imidazole rings is 1. The molecule has 24 heavy (non-hydrogen) atoms. The fraction of sp³-hybridized carbons (Fsp3) is 0.235. The monoisotopic (exact) mass is 350 g/mol. The molecule has 2 aromatic carbocycles. The second-order valence-corrected chi connectivity index (χ2v) is 6.15. The molecule has 0 aliphatic rings. The Bertz CT molecular complexity index is 876. The van der Waals surface area contributed by atoms with Gasteiger partial charge in [-0.3, -0.25) is 4.57 Å². The molecule has 4 nitrogen and oxygen atoms in total. The minimum absolute atomic E-state index is 0.0117. The van der Waals surface area contributed by atoms with Crippen LogP contribution in [-0.4, -0.2) is 41.6 Å². The topological polar surface area (TPSA) is 33.1 Å². The molecular weight excluding hydrogens is 334 g/mol. The van der Waals surface area contributed by atoms with Gasteiger partial charge < -0.3 is 10.2 Å². The van der Waals surface area contributed by atoms with Crippen LogP contribution >= 0.6 is 11.6 Å². The molecule has 0 aliphatic heterocycles. The molecular formula is C17H17ClF2N4. The number of likely N-dealkylation sites (N-methyl/N-ethyl adjacent to an activating group) is 1. The van der Waals surface area contributed by atoms with Crippen molar-refractivity contribution in [2.24, 2.45) is 0 Å². The molecule has 3 aromatic rings. The van der Waals surface area contributed by atoms with E-state index in [4.69, 9.17) is 11.6 Å². The molecule has 0 amide bonds. The standard InChI is InChI=1S/C17H17ClF2N4/c1-23(2)9-8-21-17-22-16-14(7-6-13(19)15(16)20)24(17)12-5-3-4-11(18)10-12/h3-7,10H,8-9H2,1-2H3,(H,21,22). The summed E-state index contributed by atoms with van der Waals surface area (Å²) in [6, 6.07) is 9.76. The summed E-state index contributed by atoms with van der Waals surface area (Å²) in [7, 11) is 3.91. The zero-order valence-corrected chi connectivity index (χ0v) is 14.1. The average molecular weight is 351 g/mol. The second-order valence-electron chi connectivity index (χ2n) is 5.71. The van der Waals surface area contributed by atoms with E-state index in [9.17, 15) is 8.78 Å². The second kappa shape index (κ2) is 6.75. The predicted molar refractivity (Wildman–Crippen MR) is 93.0 cm³/mol. The highest BCUT2D eigenvalue weighted by Crippen LogP contribution is 2.28. The zero-order chi connectivity index (χ0) is 17.3. The van der Waals surface area contributed by atoms with E-state index in [1.54, 1.807) is 22.8 Å². The first-order chi connectivity index (χ1) is 11.5. The number of aromatic nitrogens is 2. The molecule has 0 saturated heterocycles. The quantitative estimate of drug-likeness (QED) is 0.757. The number of nitrogens with zero attached hydrogens (tertiary/aromatic N) is 3. The molecule has 0 radical (unpaired) electrons. The van der Waals surface area contributed by atoms with E-state index < -0.39 is 11.6 Å². The summed E-state index contributed by atoms with van der Waals surface area (Å²) in [6.45, 7) is 1.39. The van der Waals surface area contributed by atoms with Crippen molar-refractivity contribution in [1.82, 2.24) is 14.5 Å². The maximum Gasteiger partial charge on any atom is 0.208 e. The van der Waals surface area contributed by atoms with Gasteiger partial charge in [0, 0.05) is 18.1 Å². The van der Waals surface area contributed by atoms with E-state index in [-0.39, 0.29) is 5.52 Å². The van der Waals surface area contributed by atoms with E-state index >= 15 is 0 Å². The van der Waals surface area contributed by atoms with Crippen molar-refractivity contribution in [3.05, 3.63) is 53.1 Å². The summed E-state index contributed by atoms with van der Waals surface area (Å²) in [5.74, 6) is -1.43. The third-order valence-electron chi connectivity index (χ3n) is 3.63. The molecule has 1 N–H and O–H groups in total. The van der Waals surface area contributed by atoms with Gasteiger partial charge >= 0.3 is 0 Å². The van der Waals surface area contributed by atoms with Gasteiger partial charge in [0.2, 0.25) is 5.95 Å². The van der Waals surface area contributed by atoms with Crippen molar-refractivity contribution in [2.45, 2.75) is 0 Å². The lowest BCUT2D eigenvalue weighted by atomic mass is 10.2. The van der Waals surface area contributed by atoms with Crippen molar-refractivity contribution in [3.63, 3.8) is 0 Å². The van der Waals surface area contributed by atoms with Crippen molar-refractivity contribution in [2.75, 3.05) is 32.5 Å². The van der Waals surface area contributed by atoms with Crippen LogP contribution in [0.2, 0.25) is 5.02 Å². The predicted octanol–water partition coefficient (Wildman–Crippen LogP) is 3.93. The van der Waals surface area contributed by atoms with Crippen LogP contribution in [0.4, 0.5) is 14.7 Å². The highest BCUT2D eigenvalue weighted by Gasteiger charge is 2.18. The Labute approximate surface area is 143 Å². The number of nitrogens with one attached hydrogen (secondary N) is 1. The van der Waals surface area contributed by atoms with E-state index in [1.165, 1.54) is 6.07 Å². The van der Waals surface area contributed by atoms with E-state index in [0.717, 1.165) is 18.3 Å². The van der Waals surface area contributed by atoms with E-state index in [0.29, 0.717) is 23.0 Å². The van der Waals surface area contributed by atoms with Crippen LogP contribution in [0.3, 0.4) is 0 Å². The Morgan fingerprint density at radius 2 is 2.00 bits per heavy atom. The van der Waals surface area contributed by atoms with Gasteiger partial charge in [0.1, 0.15) is 5.52 Å². The normalized spacial score (nSPS) is 11.4. The molecule has 0 bridgehead atoms. The zero-order valence-electron chi connectivity index (χ0n) is 13.4. The van der Waals surface area contributed by atoms with Gasteiger partial charge in [0.05, 0.1) is 11.2 Å². The molecule has 7 heteroatoms. The summed E-state index contributed by atoms with van der Waals surface area (Å²) < 4.78 is 29.4. The van der Waals surface area contributed by atoms with Gasteiger partial charge in [0.25, 0.3) is 0 Å².